The largest absolute Gasteiger partial charge is 0.340 e. The van der Waals surface area contributed by atoms with E-state index in [-0.39, 0.29) is 0 Å². The zero-order valence-electron chi connectivity index (χ0n) is 11.9. The van der Waals surface area contributed by atoms with Crippen LogP contribution in [-0.4, -0.2) is 33.7 Å². The van der Waals surface area contributed by atoms with Gasteiger partial charge in [0.15, 0.2) is 0 Å². The molecule has 1 amide bonds. The second kappa shape index (κ2) is 4.90. The maximum atomic E-state index is 12.5. The van der Waals surface area contributed by atoms with Crippen molar-refractivity contribution in [1.82, 2.24) is 14.7 Å². The van der Waals surface area contributed by atoms with Gasteiger partial charge in [-0.2, -0.15) is 5.10 Å². The SMILES string of the molecule is O=C(C[C@@H]1C[C@H]2CC[C@H]1C2)N1CC[C@H](n2cccn2)C1. The lowest BCUT2D eigenvalue weighted by Crippen LogP contribution is -2.31. The average molecular weight is 273 g/mol. The Labute approximate surface area is 120 Å². The number of amides is 1. The predicted molar refractivity (Wildman–Crippen MR) is 76.0 cm³/mol. The fourth-order valence-corrected chi connectivity index (χ4v) is 4.66. The van der Waals surface area contributed by atoms with Crippen LogP contribution in [0.4, 0.5) is 0 Å². The second-order valence-electron chi connectivity index (χ2n) is 6.91. The van der Waals surface area contributed by atoms with Gasteiger partial charge in [-0.05, 0) is 49.5 Å². The highest BCUT2D eigenvalue weighted by atomic mass is 16.2. The highest BCUT2D eigenvalue weighted by Gasteiger charge is 2.41. The number of aromatic nitrogens is 2. The Bertz CT molecular complexity index is 484. The molecule has 4 heteroatoms. The zero-order valence-corrected chi connectivity index (χ0v) is 11.9. The molecule has 4 atom stereocenters. The Morgan fingerprint density at radius 1 is 1.25 bits per heavy atom. The summed E-state index contributed by atoms with van der Waals surface area (Å²) in [6.45, 7) is 1.76. The summed E-state index contributed by atoms with van der Waals surface area (Å²) in [5.41, 5.74) is 0. The summed E-state index contributed by atoms with van der Waals surface area (Å²) in [6, 6.07) is 2.34. The first kappa shape index (κ1) is 12.4. The van der Waals surface area contributed by atoms with E-state index in [1.54, 1.807) is 0 Å². The molecular formula is C16H23N3O. The van der Waals surface area contributed by atoms with Gasteiger partial charge in [-0.25, -0.2) is 0 Å². The Kier molecular flexibility index (Phi) is 3.04. The van der Waals surface area contributed by atoms with Gasteiger partial charge in [-0.1, -0.05) is 6.42 Å². The minimum atomic E-state index is 0.383. The first-order chi connectivity index (χ1) is 9.79. The van der Waals surface area contributed by atoms with Crippen molar-refractivity contribution in [1.29, 1.82) is 0 Å². The third kappa shape index (κ3) is 2.15. The first-order valence-corrected chi connectivity index (χ1v) is 8.06. The quantitative estimate of drug-likeness (QED) is 0.848. The van der Waals surface area contributed by atoms with E-state index in [9.17, 15) is 4.79 Å². The number of carbonyl (C=O) groups is 1. The molecule has 3 aliphatic rings. The van der Waals surface area contributed by atoms with Gasteiger partial charge in [0.25, 0.3) is 0 Å². The van der Waals surface area contributed by atoms with Crippen LogP contribution in [0.1, 0.15) is 44.6 Å². The summed E-state index contributed by atoms with van der Waals surface area (Å²) < 4.78 is 2.00. The summed E-state index contributed by atoms with van der Waals surface area (Å²) in [4.78, 5) is 14.6. The van der Waals surface area contributed by atoms with Gasteiger partial charge in [-0.15, -0.1) is 0 Å². The summed E-state index contributed by atoms with van der Waals surface area (Å²) in [6.07, 6.45) is 11.2. The fraction of sp³-hybridized carbons (Fsp3) is 0.750. The lowest BCUT2D eigenvalue weighted by molar-refractivity contribution is -0.131. The lowest BCUT2D eigenvalue weighted by atomic mass is 9.86. The first-order valence-electron chi connectivity index (χ1n) is 8.06. The smallest absolute Gasteiger partial charge is 0.222 e. The molecule has 2 saturated carbocycles. The van der Waals surface area contributed by atoms with Crippen molar-refractivity contribution < 1.29 is 4.79 Å². The molecule has 0 radical (unpaired) electrons. The number of carbonyl (C=O) groups excluding carboxylic acids is 1. The van der Waals surface area contributed by atoms with Gasteiger partial charge in [0.05, 0.1) is 6.04 Å². The minimum absolute atomic E-state index is 0.383. The summed E-state index contributed by atoms with van der Waals surface area (Å²) in [5, 5.41) is 4.31. The van der Waals surface area contributed by atoms with Crippen LogP contribution in [-0.2, 0) is 4.79 Å². The predicted octanol–water partition coefficient (Wildman–Crippen LogP) is 2.48. The topological polar surface area (TPSA) is 38.1 Å². The standard InChI is InChI=1S/C16H23N3O/c20-16(10-14-9-12-2-3-13(14)8-12)18-7-4-15(11-18)19-6-1-5-17-19/h1,5-6,12-15H,2-4,7-11H2/t12-,13-,14-,15-/m0/s1. The van der Waals surface area contributed by atoms with Crippen molar-refractivity contribution in [3.05, 3.63) is 18.5 Å². The van der Waals surface area contributed by atoms with E-state index in [4.69, 9.17) is 0 Å². The van der Waals surface area contributed by atoms with Gasteiger partial charge in [0, 0.05) is 31.9 Å². The summed E-state index contributed by atoms with van der Waals surface area (Å²) in [7, 11) is 0. The Balaban J connectivity index is 1.33. The molecule has 3 fully saturated rings. The average Bonchev–Trinajstić information content (AvgIpc) is 3.21. The van der Waals surface area contributed by atoms with E-state index in [0.717, 1.165) is 37.8 Å². The Morgan fingerprint density at radius 2 is 2.20 bits per heavy atom. The molecule has 108 valence electrons. The zero-order chi connectivity index (χ0) is 13.5. The van der Waals surface area contributed by atoms with Crippen LogP contribution in [0.25, 0.3) is 0 Å². The molecular weight excluding hydrogens is 250 g/mol. The molecule has 0 N–H and O–H groups in total. The molecule has 4 nitrogen and oxygen atoms in total. The van der Waals surface area contributed by atoms with Crippen molar-refractivity contribution in [3.8, 4) is 0 Å². The van der Waals surface area contributed by atoms with E-state index >= 15 is 0 Å². The molecule has 4 rings (SSSR count). The lowest BCUT2D eigenvalue weighted by Gasteiger charge is -2.24. The van der Waals surface area contributed by atoms with Crippen molar-refractivity contribution in [3.63, 3.8) is 0 Å². The van der Waals surface area contributed by atoms with E-state index in [2.05, 4.69) is 10.00 Å². The molecule has 2 heterocycles. The van der Waals surface area contributed by atoms with E-state index in [1.807, 2.05) is 23.1 Å². The number of rotatable bonds is 3. The van der Waals surface area contributed by atoms with Crippen LogP contribution in [0.2, 0.25) is 0 Å². The molecule has 0 aromatic carbocycles. The normalized spacial score (nSPS) is 35.9. The van der Waals surface area contributed by atoms with Gasteiger partial charge in [0.1, 0.15) is 0 Å². The number of hydrogen-bond acceptors (Lipinski definition) is 2. The third-order valence-electron chi connectivity index (χ3n) is 5.74. The molecule has 20 heavy (non-hydrogen) atoms. The summed E-state index contributed by atoms with van der Waals surface area (Å²) in [5.74, 6) is 2.86. The Hall–Kier alpha value is -1.32. The van der Waals surface area contributed by atoms with Crippen LogP contribution in [0.5, 0.6) is 0 Å². The molecule has 2 bridgehead atoms. The van der Waals surface area contributed by atoms with Crippen LogP contribution in [0, 0.1) is 17.8 Å². The van der Waals surface area contributed by atoms with Crippen LogP contribution in [0.15, 0.2) is 18.5 Å². The van der Waals surface area contributed by atoms with E-state index in [0.29, 0.717) is 17.9 Å². The highest BCUT2D eigenvalue weighted by Crippen LogP contribution is 2.49. The van der Waals surface area contributed by atoms with Crippen molar-refractivity contribution in [2.24, 2.45) is 17.8 Å². The minimum Gasteiger partial charge on any atom is -0.340 e. The van der Waals surface area contributed by atoms with Crippen molar-refractivity contribution in [2.75, 3.05) is 13.1 Å². The molecule has 0 unspecified atom stereocenters. The molecule has 2 aliphatic carbocycles. The highest BCUT2D eigenvalue weighted by molar-refractivity contribution is 5.76. The summed E-state index contributed by atoms with van der Waals surface area (Å²) >= 11 is 0. The van der Waals surface area contributed by atoms with Gasteiger partial charge in [0.2, 0.25) is 5.91 Å². The van der Waals surface area contributed by atoms with Crippen molar-refractivity contribution in [2.45, 2.75) is 44.6 Å². The van der Waals surface area contributed by atoms with Gasteiger partial charge < -0.3 is 4.90 Å². The Morgan fingerprint density at radius 3 is 2.90 bits per heavy atom. The number of fused-ring (bicyclic) bond motifs is 2. The molecule has 1 saturated heterocycles. The van der Waals surface area contributed by atoms with Crippen molar-refractivity contribution >= 4 is 5.91 Å². The maximum Gasteiger partial charge on any atom is 0.222 e. The molecule has 1 aromatic heterocycles. The van der Waals surface area contributed by atoms with E-state index in [1.165, 1.54) is 25.7 Å². The molecule has 1 aliphatic heterocycles. The number of hydrogen-bond donors (Lipinski definition) is 0. The van der Waals surface area contributed by atoms with Gasteiger partial charge in [-0.3, -0.25) is 9.48 Å². The third-order valence-corrected chi connectivity index (χ3v) is 5.74. The van der Waals surface area contributed by atoms with Crippen LogP contribution >= 0.6 is 0 Å². The molecule has 0 spiro atoms. The van der Waals surface area contributed by atoms with E-state index < -0.39 is 0 Å². The second-order valence-corrected chi connectivity index (χ2v) is 6.91. The van der Waals surface area contributed by atoms with Crippen LogP contribution < -0.4 is 0 Å². The van der Waals surface area contributed by atoms with Gasteiger partial charge >= 0.3 is 0 Å². The number of nitrogens with zero attached hydrogens (tertiary/aromatic N) is 3. The van der Waals surface area contributed by atoms with Crippen LogP contribution in [0.3, 0.4) is 0 Å². The number of likely N-dealkylation sites (tertiary alicyclic amines) is 1. The fourth-order valence-electron chi connectivity index (χ4n) is 4.66. The maximum absolute atomic E-state index is 12.5. The monoisotopic (exact) mass is 273 g/mol. The molecule has 1 aromatic rings.